The second-order valence-electron chi connectivity index (χ2n) is 8.45. The molecule has 2 fully saturated rings. The Morgan fingerprint density at radius 3 is 2.53 bits per heavy atom. The molecule has 0 amide bonds. The number of methoxy groups -OCH3 is 1. The predicted molar refractivity (Wildman–Crippen MR) is 134 cm³/mol. The second kappa shape index (κ2) is 12.8. The van der Waals surface area contributed by atoms with Gasteiger partial charge in [0, 0.05) is 52.3 Å². The number of ether oxygens (including phenoxy) is 2. The first-order valence-corrected chi connectivity index (χ1v) is 11.1. The van der Waals surface area contributed by atoms with E-state index in [1.165, 1.54) is 17.5 Å². The Kier molecular flexibility index (Phi) is 10.8. The Balaban J connectivity index is 0.00000320. The van der Waals surface area contributed by atoms with Gasteiger partial charge in [-0.15, -0.1) is 24.0 Å². The molecule has 1 aromatic rings. The Labute approximate surface area is 199 Å². The van der Waals surface area contributed by atoms with E-state index < -0.39 is 0 Å². The summed E-state index contributed by atoms with van der Waals surface area (Å²) in [6.07, 6.45) is 1.75. The van der Waals surface area contributed by atoms with Gasteiger partial charge >= 0.3 is 0 Å². The van der Waals surface area contributed by atoms with Crippen LogP contribution in [0, 0.1) is 5.92 Å². The lowest BCUT2D eigenvalue weighted by Crippen LogP contribution is -2.44. The van der Waals surface area contributed by atoms with E-state index >= 15 is 0 Å². The van der Waals surface area contributed by atoms with Crippen LogP contribution < -0.4 is 5.32 Å². The lowest BCUT2D eigenvalue weighted by atomic mass is 10.1. The molecule has 1 N–H and O–H groups in total. The minimum absolute atomic E-state index is 0. The molecule has 30 heavy (non-hydrogen) atoms. The van der Waals surface area contributed by atoms with Crippen molar-refractivity contribution >= 4 is 29.9 Å². The molecule has 3 atom stereocenters. The number of hydrogen-bond acceptors (Lipinski definition) is 4. The van der Waals surface area contributed by atoms with Crippen LogP contribution in [0.1, 0.15) is 38.3 Å². The summed E-state index contributed by atoms with van der Waals surface area (Å²) in [6, 6.07) is 8.72. The highest BCUT2D eigenvalue weighted by Crippen LogP contribution is 2.19. The van der Waals surface area contributed by atoms with E-state index in [0.29, 0.717) is 24.7 Å². The monoisotopic (exact) mass is 530 g/mol. The van der Waals surface area contributed by atoms with Crippen LogP contribution in [0.5, 0.6) is 0 Å². The fourth-order valence-corrected chi connectivity index (χ4v) is 4.50. The first-order valence-electron chi connectivity index (χ1n) is 11.1. The van der Waals surface area contributed by atoms with Crippen molar-refractivity contribution in [3.63, 3.8) is 0 Å². The number of benzene rings is 1. The summed E-state index contributed by atoms with van der Waals surface area (Å²) in [5.41, 5.74) is 2.68. The van der Waals surface area contributed by atoms with Gasteiger partial charge in [-0.3, -0.25) is 4.90 Å². The largest absolute Gasteiger partial charge is 0.384 e. The van der Waals surface area contributed by atoms with Crippen LogP contribution in [-0.2, 0) is 22.6 Å². The molecule has 3 rings (SSSR count). The van der Waals surface area contributed by atoms with Crippen molar-refractivity contribution in [3.8, 4) is 0 Å². The van der Waals surface area contributed by atoms with Crippen LogP contribution in [0.25, 0.3) is 0 Å². The van der Waals surface area contributed by atoms with E-state index in [0.717, 1.165) is 51.8 Å². The van der Waals surface area contributed by atoms with Gasteiger partial charge in [-0.05, 0) is 38.3 Å². The van der Waals surface area contributed by atoms with E-state index in [4.69, 9.17) is 14.5 Å². The van der Waals surface area contributed by atoms with Crippen LogP contribution in [0.15, 0.2) is 29.3 Å². The van der Waals surface area contributed by atoms with Gasteiger partial charge in [-0.1, -0.05) is 24.3 Å². The van der Waals surface area contributed by atoms with Crippen molar-refractivity contribution in [2.45, 2.75) is 52.5 Å². The maximum absolute atomic E-state index is 5.89. The predicted octanol–water partition coefficient (Wildman–Crippen LogP) is 3.35. The summed E-state index contributed by atoms with van der Waals surface area (Å²) in [7, 11) is 1.79. The minimum atomic E-state index is 0. The zero-order valence-electron chi connectivity index (χ0n) is 19.0. The molecule has 2 saturated heterocycles. The number of aliphatic imine (C=N–C) groups is 1. The highest BCUT2D eigenvalue weighted by molar-refractivity contribution is 14.0. The maximum Gasteiger partial charge on any atom is 0.194 e. The third-order valence-corrected chi connectivity index (χ3v) is 5.73. The molecule has 2 heterocycles. The lowest BCUT2D eigenvalue weighted by molar-refractivity contribution is -0.0705. The summed E-state index contributed by atoms with van der Waals surface area (Å²) < 4.78 is 11.2. The first kappa shape index (κ1) is 25.4. The molecular formula is C23H39IN4O2. The molecule has 0 aliphatic carbocycles. The van der Waals surface area contributed by atoms with Crippen molar-refractivity contribution in [1.29, 1.82) is 0 Å². The molecule has 0 radical (unpaired) electrons. The summed E-state index contributed by atoms with van der Waals surface area (Å²) in [5.74, 6) is 1.62. The number of hydrogen-bond donors (Lipinski definition) is 1. The minimum Gasteiger partial charge on any atom is -0.384 e. The van der Waals surface area contributed by atoms with Crippen molar-refractivity contribution in [1.82, 2.24) is 15.1 Å². The van der Waals surface area contributed by atoms with Crippen LogP contribution in [0.2, 0.25) is 0 Å². The van der Waals surface area contributed by atoms with Gasteiger partial charge in [0.1, 0.15) is 0 Å². The smallest absolute Gasteiger partial charge is 0.194 e. The average Bonchev–Trinajstić information content (AvgIpc) is 3.14. The molecule has 0 spiro atoms. The first-order chi connectivity index (χ1) is 14.1. The number of guanidine groups is 1. The molecule has 0 aromatic heterocycles. The summed E-state index contributed by atoms with van der Waals surface area (Å²) in [6.45, 7) is 13.9. The quantitative estimate of drug-likeness (QED) is 0.333. The number of likely N-dealkylation sites (tertiary alicyclic amines) is 1. The van der Waals surface area contributed by atoms with Crippen molar-refractivity contribution < 1.29 is 9.47 Å². The molecule has 1 aromatic carbocycles. The number of nitrogens with one attached hydrogen (secondary N) is 1. The number of morpholine rings is 1. The molecule has 2 aliphatic heterocycles. The van der Waals surface area contributed by atoms with E-state index in [2.05, 4.69) is 60.2 Å². The van der Waals surface area contributed by atoms with E-state index in [1.807, 2.05) is 0 Å². The molecule has 3 unspecified atom stereocenters. The summed E-state index contributed by atoms with van der Waals surface area (Å²) >= 11 is 0. The van der Waals surface area contributed by atoms with E-state index in [1.54, 1.807) is 7.11 Å². The number of nitrogens with zero attached hydrogens (tertiary/aromatic N) is 3. The zero-order valence-corrected chi connectivity index (χ0v) is 21.3. The van der Waals surface area contributed by atoms with Crippen molar-refractivity contribution in [3.05, 3.63) is 35.4 Å². The molecule has 0 saturated carbocycles. The van der Waals surface area contributed by atoms with Crippen molar-refractivity contribution in [2.75, 3.05) is 46.4 Å². The Morgan fingerprint density at radius 1 is 1.17 bits per heavy atom. The van der Waals surface area contributed by atoms with Crippen molar-refractivity contribution in [2.24, 2.45) is 10.9 Å². The normalized spacial score (nSPS) is 25.3. The summed E-state index contributed by atoms with van der Waals surface area (Å²) in [4.78, 5) is 9.87. The fraction of sp³-hybridized carbons (Fsp3) is 0.696. The molecule has 0 bridgehead atoms. The van der Waals surface area contributed by atoms with Gasteiger partial charge in [0.05, 0.1) is 25.4 Å². The van der Waals surface area contributed by atoms with E-state index in [-0.39, 0.29) is 24.0 Å². The van der Waals surface area contributed by atoms with Crippen LogP contribution in [0.4, 0.5) is 0 Å². The van der Waals surface area contributed by atoms with Crippen LogP contribution in [-0.4, -0.2) is 74.4 Å². The summed E-state index contributed by atoms with van der Waals surface area (Å²) in [5, 5.41) is 3.48. The Morgan fingerprint density at radius 2 is 1.87 bits per heavy atom. The second-order valence-corrected chi connectivity index (χ2v) is 8.45. The SMILES string of the molecule is CCNC(=NCc1ccccc1CN1CC(C)OC(C)C1)N1CCC(COC)C1.I. The van der Waals surface area contributed by atoms with Gasteiger partial charge in [-0.25, -0.2) is 4.99 Å². The third kappa shape index (κ3) is 7.35. The third-order valence-electron chi connectivity index (χ3n) is 5.73. The Hall–Kier alpha value is -0.900. The molecule has 7 heteroatoms. The molecule has 170 valence electrons. The zero-order chi connectivity index (χ0) is 20.6. The molecule has 2 aliphatic rings. The number of rotatable bonds is 7. The van der Waals surface area contributed by atoms with Crippen LogP contribution >= 0.6 is 24.0 Å². The average molecular weight is 530 g/mol. The van der Waals surface area contributed by atoms with Gasteiger partial charge in [-0.2, -0.15) is 0 Å². The molecule has 6 nitrogen and oxygen atoms in total. The highest BCUT2D eigenvalue weighted by Gasteiger charge is 2.25. The van der Waals surface area contributed by atoms with Gasteiger partial charge in [0.2, 0.25) is 0 Å². The lowest BCUT2D eigenvalue weighted by Gasteiger charge is -2.35. The van der Waals surface area contributed by atoms with Gasteiger partial charge < -0.3 is 19.7 Å². The number of halogens is 1. The topological polar surface area (TPSA) is 49.3 Å². The highest BCUT2D eigenvalue weighted by atomic mass is 127. The maximum atomic E-state index is 5.89. The Bertz CT molecular complexity index is 662. The van der Waals surface area contributed by atoms with Gasteiger partial charge in [0.15, 0.2) is 5.96 Å². The fourth-order valence-electron chi connectivity index (χ4n) is 4.50. The van der Waals surface area contributed by atoms with Gasteiger partial charge in [0.25, 0.3) is 0 Å². The molecular weight excluding hydrogens is 491 g/mol. The van der Waals surface area contributed by atoms with Crippen LogP contribution in [0.3, 0.4) is 0 Å². The standard InChI is InChI=1S/C23H38N4O2.HI/c1-5-24-23(27-11-10-20(15-27)17-28-4)25-12-21-8-6-7-9-22(21)16-26-13-18(2)29-19(3)14-26;/h6-9,18-20H,5,10-17H2,1-4H3,(H,24,25);1H. The van der Waals surface area contributed by atoms with E-state index in [9.17, 15) is 0 Å².